The Balaban J connectivity index is 1.65. The van der Waals surface area contributed by atoms with Gasteiger partial charge in [0, 0.05) is 32.2 Å². The molecule has 0 unspecified atom stereocenters. The van der Waals surface area contributed by atoms with Crippen LogP contribution >= 0.6 is 0 Å². The zero-order chi connectivity index (χ0) is 17.6. The van der Waals surface area contributed by atoms with Gasteiger partial charge in [-0.2, -0.15) is 0 Å². The first-order valence-corrected chi connectivity index (χ1v) is 9.40. The number of amides is 1. The third-order valence-corrected chi connectivity index (χ3v) is 5.05. The summed E-state index contributed by atoms with van der Waals surface area (Å²) in [7, 11) is 2.00. The van der Waals surface area contributed by atoms with Crippen molar-refractivity contribution in [3.8, 4) is 0 Å². The van der Waals surface area contributed by atoms with Gasteiger partial charge in [-0.1, -0.05) is 0 Å². The minimum Gasteiger partial charge on any atom is -0.388 e. The van der Waals surface area contributed by atoms with Crippen LogP contribution in [-0.4, -0.2) is 84.9 Å². The topological polar surface area (TPSA) is 65.0 Å². The number of carbonyl (C=O) groups is 1. The first-order valence-electron chi connectivity index (χ1n) is 9.40. The molecule has 1 atom stereocenters. The molecule has 2 N–H and O–H groups in total. The summed E-state index contributed by atoms with van der Waals surface area (Å²) in [5.74, 6) is -0.00519. The Hall–Kier alpha value is -0.690. The Morgan fingerprint density at radius 1 is 1.33 bits per heavy atom. The monoisotopic (exact) mass is 341 g/mol. The number of carbonyl (C=O) groups excluding carboxylic acids is 1. The summed E-state index contributed by atoms with van der Waals surface area (Å²) in [5.41, 5.74) is -0.855. The molecule has 0 aromatic heterocycles. The van der Waals surface area contributed by atoms with Crippen LogP contribution in [0, 0.1) is 0 Å². The van der Waals surface area contributed by atoms with Gasteiger partial charge >= 0.3 is 0 Å². The molecule has 2 fully saturated rings. The Morgan fingerprint density at radius 2 is 2.04 bits per heavy atom. The molecule has 0 bridgehead atoms. The van der Waals surface area contributed by atoms with E-state index in [1.165, 1.54) is 0 Å². The van der Waals surface area contributed by atoms with E-state index in [0.717, 1.165) is 58.5 Å². The molecule has 2 rings (SSSR count). The minimum atomic E-state index is -0.855. The first kappa shape index (κ1) is 19.6. The number of aliphatic hydroxyl groups is 1. The van der Waals surface area contributed by atoms with Gasteiger partial charge < -0.3 is 25.0 Å². The number of hydrogen-bond donors (Lipinski definition) is 2. The summed E-state index contributed by atoms with van der Waals surface area (Å²) < 4.78 is 5.60. The van der Waals surface area contributed by atoms with Gasteiger partial charge in [-0.25, -0.2) is 0 Å². The highest BCUT2D eigenvalue weighted by atomic mass is 16.5. The van der Waals surface area contributed by atoms with Gasteiger partial charge in [0.25, 0.3) is 0 Å². The highest BCUT2D eigenvalue weighted by Gasteiger charge is 2.34. The number of nitrogens with zero attached hydrogens (tertiary/aromatic N) is 2. The lowest BCUT2D eigenvalue weighted by Crippen LogP contribution is -2.51. The van der Waals surface area contributed by atoms with E-state index in [1.807, 2.05) is 7.05 Å². The lowest BCUT2D eigenvalue weighted by Gasteiger charge is -2.38. The molecule has 6 heteroatoms. The van der Waals surface area contributed by atoms with Crippen LogP contribution in [0.4, 0.5) is 0 Å². The summed E-state index contributed by atoms with van der Waals surface area (Å²) in [6.07, 6.45) is 4.14. The van der Waals surface area contributed by atoms with E-state index < -0.39 is 5.60 Å². The Kier molecular flexibility index (Phi) is 7.47. The molecule has 0 spiro atoms. The maximum Gasteiger partial charge on any atom is 0.223 e. The fraction of sp³-hybridized carbons (Fsp3) is 0.944. The fourth-order valence-electron chi connectivity index (χ4n) is 3.78. The van der Waals surface area contributed by atoms with Crippen molar-refractivity contribution in [1.29, 1.82) is 0 Å². The van der Waals surface area contributed by atoms with Gasteiger partial charge in [0.2, 0.25) is 5.91 Å². The molecule has 0 saturated carbocycles. The van der Waals surface area contributed by atoms with Gasteiger partial charge in [0.15, 0.2) is 0 Å². The molecule has 2 saturated heterocycles. The molecule has 2 aliphatic heterocycles. The Labute approximate surface area is 146 Å². The number of piperidine rings is 2. The molecule has 2 heterocycles. The van der Waals surface area contributed by atoms with Crippen molar-refractivity contribution in [2.24, 2.45) is 0 Å². The van der Waals surface area contributed by atoms with Crippen LogP contribution in [-0.2, 0) is 9.53 Å². The van der Waals surface area contributed by atoms with Crippen LogP contribution in [0.15, 0.2) is 0 Å². The lowest BCUT2D eigenvalue weighted by molar-refractivity contribution is -0.129. The van der Waals surface area contributed by atoms with E-state index in [2.05, 4.69) is 29.0 Å². The number of likely N-dealkylation sites (N-methyl/N-ethyl adjacent to an activating group) is 1. The van der Waals surface area contributed by atoms with E-state index >= 15 is 0 Å². The molecule has 0 aliphatic carbocycles. The summed E-state index contributed by atoms with van der Waals surface area (Å²) >= 11 is 0. The van der Waals surface area contributed by atoms with Crippen molar-refractivity contribution < 1.29 is 14.6 Å². The van der Waals surface area contributed by atoms with Crippen LogP contribution in [0.25, 0.3) is 0 Å². The van der Waals surface area contributed by atoms with E-state index in [4.69, 9.17) is 4.74 Å². The largest absolute Gasteiger partial charge is 0.388 e. The number of ether oxygens (including phenoxy) is 1. The van der Waals surface area contributed by atoms with Gasteiger partial charge in [0.1, 0.15) is 0 Å². The smallest absolute Gasteiger partial charge is 0.223 e. The third-order valence-electron chi connectivity index (χ3n) is 5.05. The van der Waals surface area contributed by atoms with Crippen LogP contribution in [0.2, 0.25) is 0 Å². The van der Waals surface area contributed by atoms with Crippen molar-refractivity contribution in [3.63, 3.8) is 0 Å². The second-order valence-electron chi connectivity index (χ2n) is 7.85. The van der Waals surface area contributed by atoms with Crippen molar-refractivity contribution in [2.75, 3.05) is 46.4 Å². The fourth-order valence-corrected chi connectivity index (χ4v) is 3.78. The number of likely N-dealkylation sites (tertiary alicyclic amines) is 2. The van der Waals surface area contributed by atoms with Gasteiger partial charge in [-0.15, -0.1) is 0 Å². The average molecular weight is 341 g/mol. The summed E-state index contributed by atoms with van der Waals surface area (Å²) in [6.45, 7) is 9.44. The van der Waals surface area contributed by atoms with Crippen LogP contribution in [0.1, 0.15) is 46.0 Å². The number of β-amino-alcohol motifs (C(OH)–C–C–N with tert-alkyl or cyclic N) is 1. The molecule has 0 radical (unpaired) electrons. The first-order chi connectivity index (χ1) is 11.4. The summed E-state index contributed by atoms with van der Waals surface area (Å²) in [5, 5.41) is 13.7. The predicted molar refractivity (Wildman–Crippen MR) is 95.0 cm³/mol. The summed E-state index contributed by atoms with van der Waals surface area (Å²) in [6, 6.07) is 0.240. The molecule has 0 aromatic rings. The molecule has 140 valence electrons. The van der Waals surface area contributed by atoms with E-state index in [9.17, 15) is 9.90 Å². The van der Waals surface area contributed by atoms with Crippen molar-refractivity contribution >= 4 is 5.91 Å². The predicted octanol–water partition coefficient (Wildman–Crippen LogP) is 0.839. The number of hydrogen-bond acceptors (Lipinski definition) is 5. The second kappa shape index (κ2) is 9.13. The Bertz CT molecular complexity index is 397. The Morgan fingerprint density at radius 3 is 2.67 bits per heavy atom. The highest BCUT2D eigenvalue weighted by molar-refractivity contribution is 5.77. The molecule has 2 aliphatic rings. The molecular weight excluding hydrogens is 306 g/mol. The molecule has 0 aromatic carbocycles. The average Bonchev–Trinajstić information content (AvgIpc) is 2.47. The lowest BCUT2D eigenvalue weighted by atomic mass is 9.89. The highest BCUT2D eigenvalue weighted by Crippen LogP contribution is 2.23. The summed E-state index contributed by atoms with van der Waals surface area (Å²) in [4.78, 5) is 16.8. The van der Waals surface area contributed by atoms with Gasteiger partial charge in [-0.3, -0.25) is 4.79 Å². The molecule has 1 amide bonds. The van der Waals surface area contributed by atoms with Crippen molar-refractivity contribution in [3.05, 3.63) is 0 Å². The maximum absolute atomic E-state index is 12.3. The molecule has 24 heavy (non-hydrogen) atoms. The van der Waals surface area contributed by atoms with Crippen LogP contribution in [0.5, 0.6) is 0 Å². The SMILES string of the molecule is CC(C)OCCN1CCC(NC(=O)C[C@]2(O)CCCN(C)C2)CC1. The van der Waals surface area contributed by atoms with Crippen molar-refractivity contribution in [1.82, 2.24) is 15.1 Å². The standard InChI is InChI=1S/C18H35N3O3/c1-15(2)24-12-11-21-9-5-16(6-10-21)19-17(22)13-18(23)7-4-8-20(3)14-18/h15-16,23H,4-14H2,1-3H3,(H,19,22)/t18-/m1/s1. The maximum atomic E-state index is 12.3. The quantitative estimate of drug-likeness (QED) is 0.718. The normalized spacial score (nSPS) is 27.5. The van der Waals surface area contributed by atoms with Gasteiger partial charge in [-0.05, 0) is 53.1 Å². The van der Waals surface area contributed by atoms with Crippen LogP contribution in [0.3, 0.4) is 0 Å². The van der Waals surface area contributed by atoms with E-state index in [-0.39, 0.29) is 24.5 Å². The number of nitrogens with one attached hydrogen (secondary N) is 1. The van der Waals surface area contributed by atoms with Crippen LogP contribution < -0.4 is 5.32 Å². The van der Waals surface area contributed by atoms with Crippen molar-refractivity contribution in [2.45, 2.75) is 63.7 Å². The zero-order valence-electron chi connectivity index (χ0n) is 15.6. The van der Waals surface area contributed by atoms with E-state index in [1.54, 1.807) is 0 Å². The third kappa shape index (κ3) is 6.67. The zero-order valence-corrected chi connectivity index (χ0v) is 15.6. The van der Waals surface area contributed by atoms with Gasteiger partial charge in [0.05, 0.1) is 24.7 Å². The minimum absolute atomic E-state index is 0.00519. The second-order valence-corrected chi connectivity index (χ2v) is 7.85. The number of rotatable bonds is 7. The molecule has 6 nitrogen and oxygen atoms in total. The molecular formula is C18H35N3O3. The van der Waals surface area contributed by atoms with E-state index in [0.29, 0.717) is 6.54 Å².